The van der Waals surface area contributed by atoms with Crippen LogP contribution in [0.3, 0.4) is 0 Å². The van der Waals surface area contributed by atoms with Crippen molar-refractivity contribution in [2.45, 2.75) is 24.2 Å². The molecule has 1 aliphatic rings. The molecule has 3 aromatic rings. The summed E-state index contributed by atoms with van der Waals surface area (Å²) in [6.07, 6.45) is 2.89. The zero-order chi connectivity index (χ0) is 18.9. The summed E-state index contributed by atoms with van der Waals surface area (Å²) in [6.45, 7) is 1.16. The summed E-state index contributed by atoms with van der Waals surface area (Å²) in [5, 5.41) is 3.80. The van der Waals surface area contributed by atoms with Crippen molar-refractivity contribution in [3.8, 4) is 0 Å². The van der Waals surface area contributed by atoms with Gasteiger partial charge in [0.1, 0.15) is 11.6 Å². The lowest BCUT2D eigenvalue weighted by molar-refractivity contribution is 0.346. The fourth-order valence-corrected chi connectivity index (χ4v) is 4.86. The van der Waals surface area contributed by atoms with Crippen LogP contribution in [0.4, 0.5) is 15.9 Å². The molecule has 7 heteroatoms. The van der Waals surface area contributed by atoms with E-state index in [1.165, 1.54) is 12.1 Å². The highest BCUT2D eigenvalue weighted by Gasteiger charge is 2.26. The number of hydrogen-bond acceptors (Lipinski definition) is 4. The van der Waals surface area contributed by atoms with Crippen molar-refractivity contribution in [1.82, 2.24) is 9.29 Å². The summed E-state index contributed by atoms with van der Waals surface area (Å²) in [6, 6.07) is 14.7. The molecule has 0 spiro atoms. The zero-order valence-electron chi connectivity index (χ0n) is 14.7. The highest BCUT2D eigenvalue weighted by atomic mass is 32.2. The Kier molecular flexibility index (Phi) is 4.80. The van der Waals surface area contributed by atoms with E-state index in [9.17, 15) is 12.8 Å². The molecule has 0 saturated carbocycles. The van der Waals surface area contributed by atoms with Gasteiger partial charge in [-0.25, -0.2) is 17.8 Å². The van der Waals surface area contributed by atoms with Crippen molar-refractivity contribution in [3.63, 3.8) is 0 Å². The van der Waals surface area contributed by atoms with Crippen molar-refractivity contribution in [2.24, 2.45) is 0 Å². The fourth-order valence-electron chi connectivity index (χ4n) is 3.30. The molecule has 5 nitrogen and oxygen atoms in total. The highest BCUT2D eigenvalue weighted by molar-refractivity contribution is 7.89. The molecule has 1 aliphatic heterocycles. The highest BCUT2D eigenvalue weighted by Crippen LogP contribution is 2.25. The van der Waals surface area contributed by atoms with Crippen LogP contribution in [0.5, 0.6) is 0 Å². The average Bonchev–Trinajstić information content (AvgIpc) is 2.68. The third kappa shape index (κ3) is 3.79. The van der Waals surface area contributed by atoms with Gasteiger partial charge in [0.05, 0.1) is 10.4 Å². The summed E-state index contributed by atoms with van der Waals surface area (Å²) < 4.78 is 40.5. The number of benzene rings is 2. The van der Waals surface area contributed by atoms with Gasteiger partial charge in [-0.05, 0) is 61.4 Å². The summed E-state index contributed by atoms with van der Waals surface area (Å²) >= 11 is 0. The van der Waals surface area contributed by atoms with E-state index in [4.69, 9.17) is 0 Å². The minimum absolute atomic E-state index is 0.296. The summed E-state index contributed by atoms with van der Waals surface area (Å²) in [5.74, 6) is 0.244. The lowest BCUT2D eigenvalue weighted by Gasteiger charge is -2.25. The normalized spacial score (nSPS) is 15.7. The maximum Gasteiger partial charge on any atom is 0.243 e. The molecule has 1 aromatic heterocycles. The van der Waals surface area contributed by atoms with Crippen LogP contribution in [0, 0.1) is 5.82 Å². The van der Waals surface area contributed by atoms with E-state index < -0.39 is 10.0 Å². The van der Waals surface area contributed by atoms with Gasteiger partial charge in [0, 0.05) is 24.2 Å². The molecule has 0 bridgehead atoms. The molecule has 1 saturated heterocycles. The zero-order valence-corrected chi connectivity index (χ0v) is 15.5. The number of sulfonamides is 1. The Morgan fingerprint density at radius 2 is 1.78 bits per heavy atom. The summed E-state index contributed by atoms with van der Waals surface area (Å²) in [7, 11) is -3.47. The lowest BCUT2D eigenvalue weighted by Crippen LogP contribution is -2.35. The first-order chi connectivity index (χ1) is 13.0. The fraction of sp³-hybridized carbons (Fsp3) is 0.250. The third-order valence-electron chi connectivity index (χ3n) is 4.71. The van der Waals surface area contributed by atoms with Crippen LogP contribution in [0.15, 0.2) is 59.5 Å². The number of rotatable bonds is 4. The van der Waals surface area contributed by atoms with Gasteiger partial charge in [-0.15, -0.1) is 0 Å². The number of nitrogens with one attached hydrogen (secondary N) is 1. The van der Waals surface area contributed by atoms with Crippen molar-refractivity contribution < 1.29 is 12.8 Å². The molecule has 0 unspecified atom stereocenters. The monoisotopic (exact) mass is 385 g/mol. The molecule has 0 amide bonds. The maximum atomic E-state index is 13.3. The van der Waals surface area contributed by atoms with E-state index in [1.54, 1.807) is 40.7 Å². The predicted molar refractivity (Wildman–Crippen MR) is 104 cm³/mol. The molecular formula is C20H20FN3O2S. The van der Waals surface area contributed by atoms with E-state index in [2.05, 4.69) is 10.3 Å². The number of nitrogens with zero attached hydrogens (tertiary/aromatic N) is 2. The van der Waals surface area contributed by atoms with E-state index in [0.717, 1.165) is 24.6 Å². The van der Waals surface area contributed by atoms with E-state index in [1.807, 2.05) is 6.07 Å². The van der Waals surface area contributed by atoms with Crippen molar-refractivity contribution in [1.29, 1.82) is 0 Å². The molecule has 0 atom stereocenters. The van der Waals surface area contributed by atoms with E-state index in [-0.39, 0.29) is 5.82 Å². The standard InChI is InChI=1S/C20H20FN3O2S/c21-16-5-4-6-17(14-16)22-20-10-7-15-13-18(8-9-19(15)23-20)27(25,26)24-11-2-1-3-12-24/h4-10,13-14H,1-3,11-12H2,(H,22,23). The van der Waals surface area contributed by atoms with Crippen LogP contribution in [-0.4, -0.2) is 30.8 Å². The minimum atomic E-state index is -3.47. The SMILES string of the molecule is O=S(=O)(c1ccc2nc(Nc3cccc(F)c3)ccc2c1)N1CCCCC1. The Bertz CT molecular complexity index is 1080. The third-order valence-corrected chi connectivity index (χ3v) is 6.61. The molecule has 2 heterocycles. The van der Waals surface area contributed by atoms with Gasteiger partial charge >= 0.3 is 0 Å². The largest absolute Gasteiger partial charge is 0.340 e. The quantitative estimate of drug-likeness (QED) is 0.728. The predicted octanol–water partition coefficient (Wildman–Crippen LogP) is 4.29. The lowest BCUT2D eigenvalue weighted by atomic mass is 10.2. The van der Waals surface area contributed by atoms with E-state index >= 15 is 0 Å². The van der Waals surface area contributed by atoms with Gasteiger partial charge in [0.2, 0.25) is 10.0 Å². The van der Waals surface area contributed by atoms with Gasteiger partial charge in [-0.3, -0.25) is 0 Å². The summed E-state index contributed by atoms with van der Waals surface area (Å²) in [5.41, 5.74) is 1.28. The maximum absolute atomic E-state index is 13.3. The van der Waals surface area contributed by atoms with Gasteiger partial charge in [-0.1, -0.05) is 12.5 Å². The Hall–Kier alpha value is -2.51. The van der Waals surface area contributed by atoms with Crippen molar-refractivity contribution in [2.75, 3.05) is 18.4 Å². The summed E-state index contributed by atoms with van der Waals surface area (Å²) in [4.78, 5) is 4.79. The Morgan fingerprint density at radius 3 is 2.56 bits per heavy atom. The second-order valence-electron chi connectivity index (χ2n) is 6.65. The first-order valence-corrected chi connectivity index (χ1v) is 10.4. The van der Waals surface area contributed by atoms with Crippen LogP contribution in [0.25, 0.3) is 10.9 Å². The Balaban J connectivity index is 1.62. The number of anilines is 2. The van der Waals surface area contributed by atoms with Crippen molar-refractivity contribution in [3.05, 3.63) is 60.4 Å². The first-order valence-electron chi connectivity index (χ1n) is 8.96. The molecule has 1 N–H and O–H groups in total. The molecule has 1 fully saturated rings. The van der Waals surface area contributed by atoms with Crippen LogP contribution in [0.2, 0.25) is 0 Å². The Morgan fingerprint density at radius 1 is 0.963 bits per heavy atom. The number of hydrogen-bond donors (Lipinski definition) is 1. The molecule has 2 aromatic carbocycles. The van der Waals surface area contributed by atoms with Gasteiger partial charge in [0.25, 0.3) is 0 Å². The molecule has 4 rings (SSSR count). The van der Waals surface area contributed by atoms with Crippen LogP contribution in [0.1, 0.15) is 19.3 Å². The number of pyridine rings is 1. The molecule has 140 valence electrons. The molecule has 0 radical (unpaired) electrons. The van der Waals surface area contributed by atoms with Gasteiger partial charge < -0.3 is 5.32 Å². The molecular weight excluding hydrogens is 365 g/mol. The number of piperidine rings is 1. The van der Waals surface area contributed by atoms with Crippen LogP contribution >= 0.6 is 0 Å². The smallest absolute Gasteiger partial charge is 0.243 e. The molecule has 27 heavy (non-hydrogen) atoms. The molecule has 0 aliphatic carbocycles. The number of halogens is 1. The topological polar surface area (TPSA) is 62.3 Å². The minimum Gasteiger partial charge on any atom is -0.340 e. The second kappa shape index (κ2) is 7.25. The van der Waals surface area contributed by atoms with Gasteiger partial charge in [-0.2, -0.15) is 4.31 Å². The first kappa shape index (κ1) is 17.9. The number of aromatic nitrogens is 1. The van der Waals surface area contributed by atoms with E-state index in [0.29, 0.717) is 35.0 Å². The van der Waals surface area contributed by atoms with Gasteiger partial charge in [0.15, 0.2) is 0 Å². The number of fused-ring (bicyclic) bond motifs is 1. The van der Waals surface area contributed by atoms with Crippen LogP contribution in [-0.2, 0) is 10.0 Å². The average molecular weight is 385 g/mol. The van der Waals surface area contributed by atoms with Crippen molar-refractivity contribution >= 4 is 32.4 Å². The second-order valence-corrected chi connectivity index (χ2v) is 8.59. The Labute approximate surface area is 157 Å². The van der Waals surface area contributed by atoms with Crippen LogP contribution < -0.4 is 5.32 Å².